The number of ether oxygens (including phenoxy) is 1. The van der Waals surface area contributed by atoms with Crippen molar-refractivity contribution in [3.63, 3.8) is 0 Å². The first-order chi connectivity index (χ1) is 10.7. The topological polar surface area (TPSA) is 75.7 Å². The van der Waals surface area contributed by atoms with Gasteiger partial charge in [-0.3, -0.25) is 9.10 Å². The molecular weight excluding hydrogens is 316 g/mol. The minimum absolute atomic E-state index is 0.156. The second-order valence-electron chi connectivity index (χ2n) is 5.63. The van der Waals surface area contributed by atoms with Crippen LogP contribution in [0.15, 0.2) is 30.3 Å². The van der Waals surface area contributed by atoms with Crippen LogP contribution in [0.4, 0.5) is 5.69 Å². The van der Waals surface area contributed by atoms with Gasteiger partial charge in [0, 0.05) is 13.2 Å². The van der Waals surface area contributed by atoms with Gasteiger partial charge in [0.25, 0.3) is 0 Å². The van der Waals surface area contributed by atoms with Crippen LogP contribution in [0, 0.1) is 0 Å². The Balaban J connectivity index is 2.67. The molecule has 7 heteroatoms. The fourth-order valence-electron chi connectivity index (χ4n) is 2.13. The fourth-order valence-corrected chi connectivity index (χ4v) is 3.31. The highest BCUT2D eigenvalue weighted by Gasteiger charge is 2.28. The summed E-state index contributed by atoms with van der Waals surface area (Å²) in [4.78, 5) is 12.2. The first-order valence-electron chi connectivity index (χ1n) is 7.67. The van der Waals surface area contributed by atoms with E-state index in [1.54, 1.807) is 37.3 Å². The summed E-state index contributed by atoms with van der Waals surface area (Å²) in [6.07, 6.45) is 1.93. The molecule has 0 heterocycles. The van der Waals surface area contributed by atoms with Gasteiger partial charge in [0.1, 0.15) is 6.04 Å². The summed E-state index contributed by atoms with van der Waals surface area (Å²) in [5, 5.41) is 2.75. The number of carbonyl (C=O) groups excluding carboxylic acids is 1. The second-order valence-corrected chi connectivity index (χ2v) is 7.49. The lowest BCUT2D eigenvalue weighted by Crippen LogP contribution is -2.48. The molecule has 0 saturated heterocycles. The molecule has 0 aliphatic carbocycles. The molecule has 0 fully saturated rings. The lowest BCUT2D eigenvalue weighted by molar-refractivity contribution is -0.121. The number of hydrogen-bond donors (Lipinski definition) is 1. The lowest BCUT2D eigenvalue weighted by Gasteiger charge is -2.28. The molecule has 0 aliphatic rings. The number of hydrogen-bond acceptors (Lipinski definition) is 4. The predicted molar refractivity (Wildman–Crippen MR) is 91.9 cm³/mol. The molecule has 1 aromatic rings. The van der Waals surface area contributed by atoms with Crippen LogP contribution in [-0.4, -0.2) is 45.9 Å². The second kappa shape index (κ2) is 8.88. The molecule has 1 rings (SSSR count). The van der Waals surface area contributed by atoms with Gasteiger partial charge < -0.3 is 10.1 Å². The van der Waals surface area contributed by atoms with Crippen LogP contribution in [-0.2, 0) is 19.6 Å². The quantitative estimate of drug-likeness (QED) is 0.694. The summed E-state index contributed by atoms with van der Waals surface area (Å²) in [5.74, 6) is -0.330. The number of carbonyl (C=O) groups is 1. The molecule has 1 aromatic carbocycles. The third-order valence-electron chi connectivity index (χ3n) is 3.17. The van der Waals surface area contributed by atoms with E-state index in [-0.39, 0.29) is 12.0 Å². The summed E-state index contributed by atoms with van der Waals surface area (Å²) in [6, 6.07) is 7.79. The van der Waals surface area contributed by atoms with Crippen molar-refractivity contribution in [1.82, 2.24) is 5.32 Å². The fraction of sp³-hybridized carbons (Fsp3) is 0.562. The van der Waals surface area contributed by atoms with E-state index in [1.807, 2.05) is 13.8 Å². The molecule has 0 radical (unpaired) electrons. The Bertz CT molecular complexity index is 587. The van der Waals surface area contributed by atoms with Gasteiger partial charge in [0.15, 0.2) is 0 Å². The molecule has 1 N–H and O–H groups in total. The van der Waals surface area contributed by atoms with E-state index in [9.17, 15) is 13.2 Å². The highest BCUT2D eigenvalue weighted by molar-refractivity contribution is 7.92. The normalized spacial score (nSPS) is 12.9. The zero-order chi connectivity index (χ0) is 17.5. The summed E-state index contributed by atoms with van der Waals surface area (Å²) in [5.41, 5.74) is 0.473. The largest absolute Gasteiger partial charge is 0.379 e. The van der Waals surface area contributed by atoms with Crippen molar-refractivity contribution in [2.24, 2.45) is 0 Å². The zero-order valence-corrected chi connectivity index (χ0v) is 15.0. The van der Waals surface area contributed by atoms with E-state index in [2.05, 4.69) is 5.32 Å². The Morgan fingerprint density at radius 3 is 2.35 bits per heavy atom. The van der Waals surface area contributed by atoms with Crippen LogP contribution in [0.5, 0.6) is 0 Å². The molecule has 0 aliphatic heterocycles. The average molecular weight is 342 g/mol. The van der Waals surface area contributed by atoms with Gasteiger partial charge in [0.2, 0.25) is 15.9 Å². The van der Waals surface area contributed by atoms with Crippen molar-refractivity contribution in [3.05, 3.63) is 30.3 Å². The number of sulfonamides is 1. The molecular formula is C16H26N2O4S. The van der Waals surface area contributed by atoms with Crippen LogP contribution in [0.3, 0.4) is 0 Å². The SMILES string of the molecule is CC(C)OCCCNC(=O)[C@@H](C)N(c1ccccc1)S(C)(=O)=O. The van der Waals surface area contributed by atoms with E-state index < -0.39 is 16.1 Å². The van der Waals surface area contributed by atoms with E-state index >= 15 is 0 Å². The maximum Gasteiger partial charge on any atom is 0.243 e. The van der Waals surface area contributed by atoms with Gasteiger partial charge in [0.05, 0.1) is 18.0 Å². The van der Waals surface area contributed by atoms with Gasteiger partial charge in [-0.25, -0.2) is 8.42 Å². The van der Waals surface area contributed by atoms with Crippen molar-refractivity contribution in [1.29, 1.82) is 0 Å². The van der Waals surface area contributed by atoms with Crippen molar-refractivity contribution < 1.29 is 17.9 Å². The van der Waals surface area contributed by atoms with Crippen molar-refractivity contribution in [3.8, 4) is 0 Å². The number of nitrogens with zero attached hydrogens (tertiary/aromatic N) is 1. The Labute approximate surface area is 138 Å². The Morgan fingerprint density at radius 2 is 1.83 bits per heavy atom. The van der Waals surface area contributed by atoms with Crippen LogP contribution in [0.2, 0.25) is 0 Å². The maximum atomic E-state index is 12.2. The van der Waals surface area contributed by atoms with Crippen molar-refractivity contribution >= 4 is 21.6 Å². The molecule has 0 unspecified atom stereocenters. The summed E-state index contributed by atoms with van der Waals surface area (Å²) in [7, 11) is -3.56. The van der Waals surface area contributed by atoms with Crippen LogP contribution in [0.25, 0.3) is 0 Å². The van der Waals surface area contributed by atoms with Gasteiger partial charge >= 0.3 is 0 Å². The van der Waals surface area contributed by atoms with E-state index in [0.717, 1.165) is 10.6 Å². The standard InChI is InChI=1S/C16H26N2O4S/c1-13(2)22-12-8-11-17-16(19)14(3)18(23(4,20)21)15-9-6-5-7-10-15/h5-7,9-10,13-14H,8,11-12H2,1-4H3,(H,17,19)/t14-/m1/s1. The predicted octanol–water partition coefficient (Wildman–Crippen LogP) is 1.77. The van der Waals surface area contributed by atoms with Crippen LogP contribution >= 0.6 is 0 Å². The first kappa shape index (κ1) is 19.4. The minimum atomic E-state index is -3.56. The van der Waals surface area contributed by atoms with Crippen LogP contribution < -0.4 is 9.62 Å². The van der Waals surface area contributed by atoms with Gasteiger partial charge in [-0.15, -0.1) is 0 Å². The Morgan fingerprint density at radius 1 is 1.22 bits per heavy atom. The highest BCUT2D eigenvalue weighted by Crippen LogP contribution is 2.20. The maximum absolute atomic E-state index is 12.2. The molecule has 1 atom stereocenters. The van der Waals surface area contributed by atoms with E-state index in [4.69, 9.17) is 4.74 Å². The molecule has 1 amide bonds. The summed E-state index contributed by atoms with van der Waals surface area (Å²) in [6.45, 7) is 6.48. The number of benzene rings is 1. The molecule has 130 valence electrons. The third kappa shape index (κ3) is 6.58. The third-order valence-corrected chi connectivity index (χ3v) is 4.41. The molecule has 23 heavy (non-hydrogen) atoms. The van der Waals surface area contributed by atoms with Gasteiger partial charge in [-0.05, 0) is 39.3 Å². The molecule has 0 aromatic heterocycles. The van der Waals surface area contributed by atoms with Crippen molar-refractivity contribution in [2.75, 3.05) is 23.7 Å². The summed E-state index contributed by atoms with van der Waals surface area (Å²) < 4.78 is 30.6. The monoisotopic (exact) mass is 342 g/mol. The zero-order valence-electron chi connectivity index (χ0n) is 14.2. The van der Waals surface area contributed by atoms with Crippen molar-refractivity contribution in [2.45, 2.75) is 39.3 Å². The van der Waals surface area contributed by atoms with Crippen LogP contribution in [0.1, 0.15) is 27.2 Å². The highest BCUT2D eigenvalue weighted by atomic mass is 32.2. The van der Waals surface area contributed by atoms with Gasteiger partial charge in [-0.2, -0.15) is 0 Å². The average Bonchev–Trinajstić information content (AvgIpc) is 2.46. The van der Waals surface area contributed by atoms with E-state index in [0.29, 0.717) is 25.3 Å². The number of anilines is 1. The molecule has 6 nitrogen and oxygen atoms in total. The van der Waals surface area contributed by atoms with Gasteiger partial charge in [-0.1, -0.05) is 18.2 Å². The number of nitrogens with one attached hydrogen (secondary N) is 1. The Hall–Kier alpha value is -1.60. The lowest BCUT2D eigenvalue weighted by atomic mass is 10.2. The number of rotatable bonds is 9. The molecule has 0 spiro atoms. The van der Waals surface area contributed by atoms with E-state index in [1.165, 1.54) is 0 Å². The molecule has 0 bridgehead atoms. The smallest absolute Gasteiger partial charge is 0.243 e. The number of amides is 1. The first-order valence-corrected chi connectivity index (χ1v) is 9.52. The minimum Gasteiger partial charge on any atom is -0.379 e. The Kier molecular flexibility index (Phi) is 7.51. The summed E-state index contributed by atoms with van der Waals surface area (Å²) >= 11 is 0. The number of para-hydroxylation sites is 1. The molecule has 0 saturated carbocycles.